The van der Waals surface area contributed by atoms with Gasteiger partial charge in [-0.1, -0.05) is 13.8 Å². The summed E-state index contributed by atoms with van der Waals surface area (Å²) in [5.74, 6) is 2.57. The third kappa shape index (κ3) is 5.75. The summed E-state index contributed by atoms with van der Waals surface area (Å²) in [6, 6.07) is 0.435. The van der Waals surface area contributed by atoms with Gasteiger partial charge in [0.25, 0.3) is 0 Å². The van der Waals surface area contributed by atoms with Gasteiger partial charge in [-0.05, 0) is 30.9 Å². The fourth-order valence-electron chi connectivity index (χ4n) is 1.38. The van der Waals surface area contributed by atoms with E-state index in [0.717, 1.165) is 17.4 Å². The number of thioether (sulfide) groups is 1. The van der Waals surface area contributed by atoms with Crippen LogP contribution in [0, 0.1) is 5.92 Å². The number of ether oxygens (including phenoxy) is 1. The lowest BCUT2D eigenvalue weighted by atomic mass is 10.2. The lowest BCUT2D eigenvalue weighted by Gasteiger charge is -2.15. The van der Waals surface area contributed by atoms with E-state index in [9.17, 15) is 4.79 Å². The van der Waals surface area contributed by atoms with Crippen LogP contribution in [0.25, 0.3) is 0 Å². The Morgan fingerprint density at radius 3 is 2.69 bits per heavy atom. The summed E-state index contributed by atoms with van der Waals surface area (Å²) in [6.45, 7) is 4.45. The number of methoxy groups -OCH3 is 1. The van der Waals surface area contributed by atoms with Crippen molar-refractivity contribution in [2.24, 2.45) is 5.92 Å². The highest BCUT2D eigenvalue weighted by atomic mass is 32.2. The standard InChI is InChI=1S/C12H23NO2S/c1-9(2)6-7-16-8-11(12(14)15-3)13-10-4-5-10/h9-11,13H,4-8H2,1-3H3. The molecule has 4 heteroatoms. The van der Waals surface area contributed by atoms with E-state index in [1.165, 1.54) is 26.4 Å². The highest BCUT2D eigenvalue weighted by Gasteiger charge is 2.28. The normalized spacial score (nSPS) is 17.5. The van der Waals surface area contributed by atoms with Crippen LogP contribution in [0.2, 0.25) is 0 Å². The van der Waals surface area contributed by atoms with Crippen molar-refractivity contribution < 1.29 is 9.53 Å². The van der Waals surface area contributed by atoms with Crippen LogP contribution in [-0.2, 0) is 9.53 Å². The molecule has 0 bridgehead atoms. The molecular weight excluding hydrogens is 222 g/mol. The van der Waals surface area contributed by atoms with Crippen LogP contribution in [0.5, 0.6) is 0 Å². The van der Waals surface area contributed by atoms with Gasteiger partial charge in [0.05, 0.1) is 7.11 Å². The van der Waals surface area contributed by atoms with Crippen LogP contribution in [0.3, 0.4) is 0 Å². The monoisotopic (exact) mass is 245 g/mol. The van der Waals surface area contributed by atoms with Gasteiger partial charge in [-0.15, -0.1) is 0 Å². The minimum Gasteiger partial charge on any atom is -0.468 e. The van der Waals surface area contributed by atoms with Crippen molar-refractivity contribution >= 4 is 17.7 Å². The Balaban J connectivity index is 2.18. The molecule has 0 amide bonds. The van der Waals surface area contributed by atoms with E-state index < -0.39 is 0 Å². The summed E-state index contributed by atoms with van der Waals surface area (Å²) < 4.78 is 4.80. The van der Waals surface area contributed by atoms with Gasteiger partial charge in [0, 0.05) is 11.8 Å². The van der Waals surface area contributed by atoms with Gasteiger partial charge in [0.1, 0.15) is 6.04 Å². The molecule has 0 radical (unpaired) electrons. The summed E-state index contributed by atoms with van der Waals surface area (Å²) in [7, 11) is 1.46. The molecule has 1 atom stereocenters. The summed E-state index contributed by atoms with van der Waals surface area (Å²) in [5.41, 5.74) is 0. The van der Waals surface area contributed by atoms with Crippen molar-refractivity contribution in [1.29, 1.82) is 0 Å². The van der Waals surface area contributed by atoms with Gasteiger partial charge in [-0.2, -0.15) is 11.8 Å². The molecule has 1 aliphatic rings. The van der Waals surface area contributed by atoms with Gasteiger partial charge in [0.15, 0.2) is 0 Å². The summed E-state index contributed by atoms with van der Waals surface area (Å²) in [5, 5.41) is 3.33. The van der Waals surface area contributed by atoms with E-state index in [1.54, 1.807) is 0 Å². The zero-order valence-electron chi connectivity index (χ0n) is 10.5. The molecule has 1 saturated carbocycles. The molecule has 0 aliphatic heterocycles. The quantitative estimate of drug-likeness (QED) is 0.525. The largest absolute Gasteiger partial charge is 0.468 e. The molecule has 0 heterocycles. The van der Waals surface area contributed by atoms with Crippen molar-refractivity contribution in [3.63, 3.8) is 0 Å². The molecular formula is C12H23NO2S. The van der Waals surface area contributed by atoms with E-state index in [0.29, 0.717) is 6.04 Å². The van der Waals surface area contributed by atoms with Gasteiger partial charge in [0.2, 0.25) is 0 Å². The lowest BCUT2D eigenvalue weighted by molar-refractivity contribution is -0.142. The number of esters is 1. The van der Waals surface area contributed by atoms with Crippen LogP contribution >= 0.6 is 11.8 Å². The molecule has 94 valence electrons. The van der Waals surface area contributed by atoms with E-state index in [2.05, 4.69) is 19.2 Å². The molecule has 0 aromatic heterocycles. The van der Waals surface area contributed by atoms with Crippen LogP contribution in [0.4, 0.5) is 0 Å². The first-order valence-electron chi connectivity index (χ1n) is 6.05. The zero-order chi connectivity index (χ0) is 12.0. The fourth-order valence-corrected chi connectivity index (χ4v) is 2.65. The Hall–Kier alpha value is -0.220. The van der Waals surface area contributed by atoms with Crippen LogP contribution < -0.4 is 5.32 Å². The molecule has 0 saturated heterocycles. The maximum absolute atomic E-state index is 11.5. The molecule has 3 nitrogen and oxygen atoms in total. The fraction of sp³-hybridized carbons (Fsp3) is 0.917. The van der Waals surface area contributed by atoms with Crippen molar-refractivity contribution in [3.05, 3.63) is 0 Å². The maximum Gasteiger partial charge on any atom is 0.323 e. The topological polar surface area (TPSA) is 38.3 Å². The molecule has 0 spiro atoms. The number of carbonyl (C=O) groups is 1. The molecule has 1 aliphatic carbocycles. The number of nitrogens with one attached hydrogen (secondary N) is 1. The van der Waals surface area contributed by atoms with E-state index in [1.807, 2.05) is 11.8 Å². The Labute approximate surface area is 103 Å². The van der Waals surface area contributed by atoms with E-state index in [-0.39, 0.29) is 12.0 Å². The van der Waals surface area contributed by atoms with Gasteiger partial charge in [-0.3, -0.25) is 4.79 Å². The number of hydrogen-bond donors (Lipinski definition) is 1. The zero-order valence-corrected chi connectivity index (χ0v) is 11.3. The van der Waals surface area contributed by atoms with Crippen molar-refractivity contribution in [1.82, 2.24) is 5.32 Å². The highest BCUT2D eigenvalue weighted by Crippen LogP contribution is 2.21. The lowest BCUT2D eigenvalue weighted by Crippen LogP contribution is -2.41. The molecule has 1 rings (SSSR count). The maximum atomic E-state index is 11.5. The molecule has 0 aromatic carbocycles. The summed E-state index contributed by atoms with van der Waals surface area (Å²) >= 11 is 1.84. The first-order chi connectivity index (χ1) is 7.63. The number of rotatable bonds is 8. The second-order valence-electron chi connectivity index (χ2n) is 4.77. The Kier molecular flexibility index (Phi) is 6.21. The van der Waals surface area contributed by atoms with Crippen LogP contribution in [-0.4, -0.2) is 36.7 Å². The van der Waals surface area contributed by atoms with Gasteiger partial charge < -0.3 is 10.1 Å². The Morgan fingerprint density at radius 1 is 1.50 bits per heavy atom. The molecule has 16 heavy (non-hydrogen) atoms. The number of hydrogen-bond acceptors (Lipinski definition) is 4. The van der Waals surface area contributed by atoms with Crippen LogP contribution in [0.1, 0.15) is 33.1 Å². The van der Waals surface area contributed by atoms with Crippen molar-refractivity contribution in [2.75, 3.05) is 18.6 Å². The summed E-state index contributed by atoms with van der Waals surface area (Å²) in [4.78, 5) is 11.5. The van der Waals surface area contributed by atoms with E-state index in [4.69, 9.17) is 4.74 Å². The highest BCUT2D eigenvalue weighted by molar-refractivity contribution is 7.99. The Morgan fingerprint density at radius 2 is 2.19 bits per heavy atom. The molecule has 1 fully saturated rings. The predicted molar refractivity (Wildman–Crippen MR) is 68.7 cm³/mol. The van der Waals surface area contributed by atoms with E-state index >= 15 is 0 Å². The second kappa shape index (κ2) is 7.17. The third-order valence-electron chi connectivity index (χ3n) is 2.62. The average molecular weight is 245 g/mol. The SMILES string of the molecule is COC(=O)C(CSCCC(C)C)NC1CC1. The second-order valence-corrected chi connectivity index (χ2v) is 5.92. The van der Waals surface area contributed by atoms with Crippen molar-refractivity contribution in [2.45, 2.75) is 45.2 Å². The molecule has 1 unspecified atom stereocenters. The Bertz CT molecular complexity index is 217. The minimum atomic E-state index is -0.121. The smallest absolute Gasteiger partial charge is 0.323 e. The first kappa shape index (κ1) is 13.8. The van der Waals surface area contributed by atoms with Crippen molar-refractivity contribution in [3.8, 4) is 0 Å². The third-order valence-corrected chi connectivity index (χ3v) is 3.72. The number of carbonyl (C=O) groups excluding carboxylic acids is 1. The summed E-state index contributed by atoms with van der Waals surface area (Å²) in [6.07, 6.45) is 3.61. The average Bonchev–Trinajstić information content (AvgIpc) is 3.05. The first-order valence-corrected chi connectivity index (χ1v) is 7.20. The van der Waals surface area contributed by atoms with Crippen LogP contribution in [0.15, 0.2) is 0 Å². The van der Waals surface area contributed by atoms with Gasteiger partial charge >= 0.3 is 5.97 Å². The molecule has 0 aromatic rings. The van der Waals surface area contributed by atoms with Gasteiger partial charge in [-0.25, -0.2) is 0 Å². The molecule has 1 N–H and O–H groups in total. The minimum absolute atomic E-state index is 0.116. The predicted octanol–water partition coefficient (Wildman–Crippen LogP) is 2.06.